The minimum Gasteiger partial charge on any atom is -0.354 e. The number of unbranched alkanes of at least 4 members (excludes halogenated alkanes) is 1. The van der Waals surface area contributed by atoms with Gasteiger partial charge in [-0.25, -0.2) is 9.98 Å². The van der Waals surface area contributed by atoms with Gasteiger partial charge in [0.2, 0.25) is 0 Å². The molecule has 1 aromatic carbocycles. The molecule has 46 heavy (non-hydrogen) atoms. The number of benzene rings is 1. The van der Waals surface area contributed by atoms with Crippen LogP contribution < -0.4 is 10.7 Å². The first kappa shape index (κ1) is 30.2. The molecule has 3 heteroatoms. The van der Waals surface area contributed by atoms with Gasteiger partial charge in [0.25, 0.3) is 0 Å². The molecular formula is C43H45N3. The molecule has 0 amide bonds. The Morgan fingerprint density at radius 2 is 1.26 bits per heavy atom. The fraction of sp³-hybridized carbons (Fsp3) is 0.302. The van der Waals surface area contributed by atoms with Gasteiger partial charge in [0.1, 0.15) is 0 Å². The zero-order valence-electron chi connectivity index (χ0n) is 28.4. The maximum absolute atomic E-state index is 5.35. The molecule has 1 aromatic heterocycles. The number of aromatic amines is 1. The van der Waals surface area contributed by atoms with Crippen LogP contribution in [0.3, 0.4) is 0 Å². The second kappa shape index (κ2) is 11.7. The number of allylic oxidation sites excluding steroid dienone is 5. The molecule has 1 N–H and O–H groups in total. The van der Waals surface area contributed by atoms with E-state index in [0.717, 1.165) is 65.6 Å². The number of hydrogen-bond acceptors (Lipinski definition) is 2. The summed E-state index contributed by atoms with van der Waals surface area (Å²) in [4.78, 5) is 14.5. The van der Waals surface area contributed by atoms with Crippen molar-refractivity contribution in [2.75, 3.05) is 0 Å². The number of fused-ring (bicyclic) bond motifs is 12. The van der Waals surface area contributed by atoms with Crippen LogP contribution in [0.15, 0.2) is 104 Å². The van der Waals surface area contributed by atoms with Crippen LogP contribution in [0, 0.1) is 0 Å². The summed E-state index contributed by atoms with van der Waals surface area (Å²) in [7, 11) is 0. The Kier molecular flexibility index (Phi) is 7.67. The molecule has 232 valence electrons. The summed E-state index contributed by atoms with van der Waals surface area (Å²) >= 11 is 0. The van der Waals surface area contributed by atoms with Gasteiger partial charge >= 0.3 is 0 Å². The van der Waals surface area contributed by atoms with Crippen molar-refractivity contribution in [3.05, 3.63) is 122 Å². The van der Waals surface area contributed by atoms with E-state index in [9.17, 15) is 0 Å². The highest BCUT2D eigenvalue weighted by Gasteiger charge is 2.25. The molecule has 7 rings (SSSR count). The van der Waals surface area contributed by atoms with Gasteiger partial charge in [-0.05, 0) is 119 Å². The summed E-state index contributed by atoms with van der Waals surface area (Å²) in [5, 5.41) is 4.66. The standard InChI is InChI=1S/C43H45N3/c1-8-11-14-32-26(4)37-24-40-30(9-2)31(10-3)41(46-40)25-42-36-16-13-12-15-35(36)39(45-42)23-28-21-27(22-38(32)44-37)33-19-17-29(43(5,6)7)18-20-34(28)33/h12-13,15-25,45H,8-11,14H2,1-7H3. The van der Waals surface area contributed by atoms with Crippen molar-refractivity contribution in [1.29, 1.82) is 0 Å². The van der Waals surface area contributed by atoms with Crippen molar-refractivity contribution in [3.63, 3.8) is 0 Å². The van der Waals surface area contributed by atoms with Crippen LogP contribution in [0.2, 0.25) is 0 Å². The topological polar surface area (TPSA) is 40.5 Å². The van der Waals surface area contributed by atoms with Crippen LogP contribution in [0.4, 0.5) is 0 Å². The van der Waals surface area contributed by atoms with Crippen molar-refractivity contribution in [2.24, 2.45) is 9.98 Å². The lowest BCUT2D eigenvalue weighted by atomic mass is 9.88. The lowest BCUT2D eigenvalue weighted by molar-refractivity contribution is 0.591. The number of nitrogens with zero attached hydrogens (tertiary/aromatic N) is 2. The van der Waals surface area contributed by atoms with E-state index >= 15 is 0 Å². The van der Waals surface area contributed by atoms with Gasteiger partial charge in [0.05, 0.1) is 22.8 Å². The molecule has 3 nitrogen and oxygen atoms in total. The molecule has 0 spiro atoms. The van der Waals surface area contributed by atoms with Gasteiger partial charge in [0, 0.05) is 21.5 Å². The van der Waals surface area contributed by atoms with E-state index in [4.69, 9.17) is 9.98 Å². The van der Waals surface area contributed by atoms with E-state index in [1.807, 2.05) is 0 Å². The smallest absolute Gasteiger partial charge is 0.0694 e. The van der Waals surface area contributed by atoms with E-state index in [0.29, 0.717) is 0 Å². The molecule has 0 fully saturated rings. The first-order valence-electron chi connectivity index (χ1n) is 17.1. The van der Waals surface area contributed by atoms with Crippen LogP contribution in [-0.4, -0.2) is 16.4 Å². The fourth-order valence-corrected chi connectivity index (χ4v) is 7.33. The number of aliphatic imine (C=N–C) groups is 2. The molecule has 0 saturated carbocycles. The Morgan fingerprint density at radius 1 is 0.652 bits per heavy atom. The summed E-state index contributed by atoms with van der Waals surface area (Å²) in [6, 6.07) is 20.3. The Morgan fingerprint density at radius 3 is 1.89 bits per heavy atom. The molecule has 0 radical (unpaired) electrons. The Bertz CT molecular complexity index is 2180. The van der Waals surface area contributed by atoms with E-state index in [1.54, 1.807) is 0 Å². The Hall–Kier alpha value is -4.50. The number of hydrogen-bond donors (Lipinski definition) is 1. The van der Waals surface area contributed by atoms with Gasteiger partial charge in [-0.1, -0.05) is 96.5 Å². The fourth-order valence-electron chi connectivity index (χ4n) is 7.33. The monoisotopic (exact) mass is 603 g/mol. The van der Waals surface area contributed by atoms with Crippen molar-refractivity contribution in [3.8, 4) is 11.1 Å². The second-order valence-corrected chi connectivity index (χ2v) is 14.0. The molecule has 0 unspecified atom stereocenters. The normalized spacial score (nSPS) is 16.4. The summed E-state index contributed by atoms with van der Waals surface area (Å²) < 4.78 is 0. The van der Waals surface area contributed by atoms with Crippen LogP contribution in [0.1, 0.15) is 97.3 Å². The average molecular weight is 604 g/mol. The second-order valence-electron chi connectivity index (χ2n) is 14.0. The lowest BCUT2D eigenvalue weighted by Gasteiger charge is -2.17. The summed E-state index contributed by atoms with van der Waals surface area (Å²) in [5.74, 6) is 0. The largest absolute Gasteiger partial charge is 0.354 e. The number of H-pyrrole nitrogens is 1. The lowest BCUT2D eigenvalue weighted by Crippen LogP contribution is -2.12. The SMILES string of the molecule is CCCCC1=C(C)C2=NC1=Cc1cc(c3ccc(C(C)(C)C)ccc1-3)C=c1[nH]c(c3ccccc13)=CC1=NC(=C2)C(CC)=C1CC. The molecule has 4 heterocycles. The summed E-state index contributed by atoms with van der Waals surface area (Å²) in [6.45, 7) is 15.9. The van der Waals surface area contributed by atoms with Crippen molar-refractivity contribution in [2.45, 2.75) is 86.0 Å². The van der Waals surface area contributed by atoms with Crippen molar-refractivity contribution in [1.82, 2.24) is 4.98 Å². The van der Waals surface area contributed by atoms with Crippen molar-refractivity contribution >= 4 is 40.4 Å². The third-order valence-corrected chi connectivity index (χ3v) is 9.97. The maximum Gasteiger partial charge on any atom is 0.0694 e. The Labute approximate surface area is 273 Å². The maximum atomic E-state index is 5.35. The van der Waals surface area contributed by atoms with Gasteiger partial charge in [-0.3, -0.25) is 0 Å². The van der Waals surface area contributed by atoms with Crippen molar-refractivity contribution < 1.29 is 0 Å². The van der Waals surface area contributed by atoms with E-state index in [2.05, 4.69) is 132 Å². The molecule has 2 aromatic rings. The highest BCUT2D eigenvalue weighted by Crippen LogP contribution is 2.39. The minimum absolute atomic E-state index is 0.0588. The van der Waals surface area contributed by atoms with Crippen LogP contribution in [0.25, 0.3) is 40.1 Å². The predicted octanol–water partition coefficient (Wildman–Crippen LogP) is 9.95. The van der Waals surface area contributed by atoms with Gasteiger partial charge in [-0.15, -0.1) is 0 Å². The molecule has 0 atom stereocenters. The summed E-state index contributed by atoms with van der Waals surface area (Å²) in [6.07, 6.45) is 14.4. The van der Waals surface area contributed by atoms with Crippen LogP contribution >= 0.6 is 0 Å². The number of rotatable bonds is 5. The molecule has 2 aliphatic carbocycles. The highest BCUT2D eigenvalue weighted by atomic mass is 14.8. The first-order valence-corrected chi connectivity index (χ1v) is 17.1. The molecule has 3 aliphatic heterocycles. The minimum atomic E-state index is 0.0588. The third kappa shape index (κ3) is 5.16. The average Bonchev–Trinajstić information content (AvgIpc) is 3.67. The zero-order chi connectivity index (χ0) is 32.2. The molecule has 8 bridgehead atoms. The third-order valence-electron chi connectivity index (χ3n) is 9.97. The number of aromatic nitrogens is 1. The van der Waals surface area contributed by atoms with E-state index in [1.165, 1.54) is 60.9 Å². The van der Waals surface area contributed by atoms with E-state index < -0.39 is 0 Å². The van der Waals surface area contributed by atoms with Gasteiger partial charge in [-0.2, -0.15) is 0 Å². The molecule has 5 aliphatic rings. The molecular weight excluding hydrogens is 558 g/mol. The number of nitrogens with one attached hydrogen (secondary N) is 1. The predicted molar refractivity (Wildman–Crippen MR) is 198 cm³/mol. The zero-order valence-corrected chi connectivity index (χ0v) is 28.4. The first-order chi connectivity index (χ1) is 22.2. The highest BCUT2D eigenvalue weighted by molar-refractivity contribution is 6.24. The molecule has 0 saturated heterocycles. The summed E-state index contributed by atoms with van der Waals surface area (Å²) in [5.41, 5.74) is 15.9. The van der Waals surface area contributed by atoms with Crippen LogP contribution in [0.5, 0.6) is 0 Å². The quantitative estimate of drug-likeness (QED) is 0.236. The Balaban J connectivity index is 1.59. The van der Waals surface area contributed by atoms with Gasteiger partial charge < -0.3 is 4.98 Å². The van der Waals surface area contributed by atoms with Gasteiger partial charge in [0.15, 0.2) is 0 Å². The van der Waals surface area contributed by atoms with E-state index in [-0.39, 0.29) is 5.41 Å². The van der Waals surface area contributed by atoms with Crippen LogP contribution in [-0.2, 0) is 5.41 Å².